The largest absolute Gasteiger partial charge is 0.493 e. The maximum atomic E-state index is 11.6. The fourth-order valence-corrected chi connectivity index (χ4v) is 1.40. The smallest absolute Gasteiger partial charge is 0.166 e. The lowest BCUT2D eigenvalue weighted by Gasteiger charge is -2.09. The average Bonchev–Trinajstić information content (AvgIpc) is 2.34. The standard InChI is InChI=1S/C13H18O3/c1-3-12(14)11-7-4-5-8-13(11)16-10-6-9-15-2/h4-5,7-8H,3,6,9-10H2,1-2H3. The topological polar surface area (TPSA) is 35.5 Å². The second kappa shape index (κ2) is 7.01. The molecule has 0 aliphatic rings. The first-order valence-electron chi connectivity index (χ1n) is 5.53. The van der Waals surface area contributed by atoms with Crippen molar-refractivity contribution in [3.63, 3.8) is 0 Å². The van der Waals surface area contributed by atoms with Crippen LogP contribution in [-0.2, 0) is 4.74 Å². The van der Waals surface area contributed by atoms with Crippen molar-refractivity contribution in [2.45, 2.75) is 19.8 Å². The highest BCUT2D eigenvalue weighted by Crippen LogP contribution is 2.19. The van der Waals surface area contributed by atoms with E-state index in [-0.39, 0.29) is 5.78 Å². The third-order valence-corrected chi connectivity index (χ3v) is 2.26. The van der Waals surface area contributed by atoms with Crippen molar-refractivity contribution in [2.24, 2.45) is 0 Å². The van der Waals surface area contributed by atoms with Crippen LogP contribution >= 0.6 is 0 Å². The maximum absolute atomic E-state index is 11.6. The van der Waals surface area contributed by atoms with Crippen LogP contribution in [0.15, 0.2) is 24.3 Å². The van der Waals surface area contributed by atoms with E-state index in [0.29, 0.717) is 30.9 Å². The summed E-state index contributed by atoms with van der Waals surface area (Å²) < 4.78 is 10.5. The summed E-state index contributed by atoms with van der Waals surface area (Å²) in [6.07, 6.45) is 1.32. The fourth-order valence-electron chi connectivity index (χ4n) is 1.40. The molecule has 0 spiro atoms. The van der Waals surface area contributed by atoms with Crippen molar-refractivity contribution in [2.75, 3.05) is 20.3 Å². The third kappa shape index (κ3) is 3.66. The molecule has 0 N–H and O–H groups in total. The van der Waals surface area contributed by atoms with E-state index < -0.39 is 0 Å². The first-order valence-corrected chi connectivity index (χ1v) is 5.53. The summed E-state index contributed by atoms with van der Waals surface area (Å²) in [5.74, 6) is 0.785. The number of rotatable bonds is 7. The van der Waals surface area contributed by atoms with Gasteiger partial charge in [-0.2, -0.15) is 0 Å². The Bertz CT molecular complexity index is 334. The Balaban J connectivity index is 2.60. The zero-order valence-electron chi connectivity index (χ0n) is 9.86. The minimum atomic E-state index is 0.113. The van der Waals surface area contributed by atoms with Crippen LogP contribution in [0.2, 0.25) is 0 Å². The van der Waals surface area contributed by atoms with E-state index in [2.05, 4.69) is 0 Å². The number of carbonyl (C=O) groups excluding carboxylic acids is 1. The predicted molar refractivity (Wildman–Crippen MR) is 63.1 cm³/mol. The minimum Gasteiger partial charge on any atom is -0.493 e. The Labute approximate surface area is 96.4 Å². The zero-order valence-corrected chi connectivity index (χ0v) is 9.86. The van der Waals surface area contributed by atoms with Crippen molar-refractivity contribution in [3.8, 4) is 5.75 Å². The summed E-state index contributed by atoms with van der Waals surface area (Å²) in [6, 6.07) is 7.36. The van der Waals surface area contributed by atoms with Gasteiger partial charge in [-0.1, -0.05) is 19.1 Å². The Hall–Kier alpha value is -1.35. The maximum Gasteiger partial charge on any atom is 0.166 e. The summed E-state index contributed by atoms with van der Waals surface area (Å²) >= 11 is 0. The molecule has 0 saturated heterocycles. The second-order valence-corrected chi connectivity index (χ2v) is 3.47. The Morgan fingerprint density at radius 2 is 2.00 bits per heavy atom. The molecule has 0 bridgehead atoms. The molecule has 1 aromatic rings. The van der Waals surface area contributed by atoms with E-state index in [0.717, 1.165) is 6.42 Å². The van der Waals surface area contributed by atoms with Gasteiger partial charge in [0.1, 0.15) is 5.75 Å². The number of ketones is 1. The predicted octanol–water partition coefficient (Wildman–Crippen LogP) is 2.69. The first kappa shape index (κ1) is 12.7. The van der Waals surface area contributed by atoms with E-state index in [1.54, 1.807) is 13.2 Å². The minimum absolute atomic E-state index is 0.113. The molecule has 0 heterocycles. The van der Waals surface area contributed by atoms with Crippen molar-refractivity contribution in [1.29, 1.82) is 0 Å². The molecule has 0 amide bonds. The summed E-state index contributed by atoms with van der Waals surface area (Å²) in [7, 11) is 1.66. The molecule has 0 saturated carbocycles. The molecule has 3 heteroatoms. The van der Waals surface area contributed by atoms with Gasteiger partial charge in [0.15, 0.2) is 5.78 Å². The van der Waals surface area contributed by atoms with E-state index in [1.807, 2.05) is 25.1 Å². The molecule has 0 fully saturated rings. The summed E-state index contributed by atoms with van der Waals surface area (Å²) in [5, 5.41) is 0. The lowest BCUT2D eigenvalue weighted by Crippen LogP contribution is -2.06. The van der Waals surface area contributed by atoms with Gasteiger partial charge >= 0.3 is 0 Å². The quantitative estimate of drug-likeness (QED) is 0.525. The summed E-state index contributed by atoms with van der Waals surface area (Å²) in [5.41, 5.74) is 0.669. The van der Waals surface area contributed by atoms with Crippen molar-refractivity contribution in [3.05, 3.63) is 29.8 Å². The van der Waals surface area contributed by atoms with Gasteiger partial charge in [0.05, 0.1) is 12.2 Å². The second-order valence-electron chi connectivity index (χ2n) is 3.47. The van der Waals surface area contributed by atoms with Crippen molar-refractivity contribution in [1.82, 2.24) is 0 Å². The first-order chi connectivity index (χ1) is 7.79. The van der Waals surface area contributed by atoms with E-state index >= 15 is 0 Å². The lowest BCUT2D eigenvalue weighted by molar-refractivity contribution is 0.0983. The van der Waals surface area contributed by atoms with Gasteiger partial charge in [-0.3, -0.25) is 4.79 Å². The molecule has 88 valence electrons. The molecule has 16 heavy (non-hydrogen) atoms. The Morgan fingerprint density at radius 1 is 1.25 bits per heavy atom. The molecule has 0 unspecified atom stereocenters. The van der Waals surface area contributed by atoms with Gasteiger partial charge in [-0.15, -0.1) is 0 Å². The molecular formula is C13H18O3. The highest BCUT2D eigenvalue weighted by Gasteiger charge is 2.09. The zero-order chi connectivity index (χ0) is 11.8. The summed E-state index contributed by atoms with van der Waals surface area (Å²) in [4.78, 5) is 11.6. The van der Waals surface area contributed by atoms with Crippen LogP contribution in [-0.4, -0.2) is 26.1 Å². The van der Waals surface area contributed by atoms with Gasteiger partial charge < -0.3 is 9.47 Å². The van der Waals surface area contributed by atoms with E-state index in [9.17, 15) is 4.79 Å². The van der Waals surface area contributed by atoms with Crippen LogP contribution in [0.25, 0.3) is 0 Å². The van der Waals surface area contributed by atoms with Gasteiger partial charge in [-0.25, -0.2) is 0 Å². The lowest BCUT2D eigenvalue weighted by atomic mass is 10.1. The van der Waals surface area contributed by atoms with Gasteiger partial charge in [0.2, 0.25) is 0 Å². The number of ether oxygens (including phenoxy) is 2. The van der Waals surface area contributed by atoms with Crippen molar-refractivity contribution < 1.29 is 14.3 Å². The molecule has 0 atom stereocenters. The molecule has 3 nitrogen and oxygen atoms in total. The van der Waals surface area contributed by atoms with Crippen LogP contribution in [0.1, 0.15) is 30.1 Å². The molecule has 0 aliphatic heterocycles. The van der Waals surface area contributed by atoms with Crippen LogP contribution in [0, 0.1) is 0 Å². The molecule has 1 rings (SSSR count). The molecular weight excluding hydrogens is 204 g/mol. The van der Waals surface area contributed by atoms with Gasteiger partial charge in [0, 0.05) is 26.6 Å². The molecule has 0 aromatic heterocycles. The average molecular weight is 222 g/mol. The molecule has 0 aliphatic carbocycles. The van der Waals surface area contributed by atoms with Crippen LogP contribution in [0.4, 0.5) is 0 Å². The fraction of sp³-hybridized carbons (Fsp3) is 0.462. The third-order valence-electron chi connectivity index (χ3n) is 2.26. The molecule has 1 aromatic carbocycles. The number of hydrogen-bond donors (Lipinski definition) is 0. The van der Waals surface area contributed by atoms with E-state index in [4.69, 9.17) is 9.47 Å². The number of para-hydroxylation sites is 1. The van der Waals surface area contributed by atoms with Crippen LogP contribution in [0.5, 0.6) is 5.75 Å². The Morgan fingerprint density at radius 3 is 2.69 bits per heavy atom. The number of methoxy groups -OCH3 is 1. The Kier molecular flexibility index (Phi) is 5.57. The highest BCUT2D eigenvalue weighted by molar-refractivity contribution is 5.98. The normalized spacial score (nSPS) is 10.1. The van der Waals surface area contributed by atoms with Crippen LogP contribution in [0.3, 0.4) is 0 Å². The van der Waals surface area contributed by atoms with Crippen LogP contribution < -0.4 is 4.74 Å². The van der Waals surface area contributed by atoms with Gasteiger partial charge in [0.25, 0.3) is 0 Å². The number of hydrogen-bond acceptors (Lipinski definition) is 3. The SMILES string of the molecule is CCC(=O)c1ccccc1OCCCOC. The number of benzene rings is 1. The monoisotopic (exact) mass is 222 g/mol. The molecule has 0 radical (unpaired) electrons. The van der Waals surface area contributed by atoms with Crippen molar-refractivity contribution >= 4 is 5.78 Å². The van der Waals surface area contributed by atoms with Gasteiger partial charge in [-0.05, 0) is 12.1 Å². The summed E-state index contributed by atoms with van der Waals surface area (Å²) in [6.45, 7) is 3.09. The number of Topliss-reactive ketones (excluding diaryl/α,β-unsaturated/α-hetero) is 1. The van der Waals surface area contributed by atoms with E-state index in [1.165, 1.54) is 0 Å². The number of carbonyl (C=O) groups is 1. The highest BCUT2D eigenvalue weighted by atomic mass is 16.5.